The first kappa shape index (κ1) is 11.2. The lowest BCUT2D eigenvalue weighted by molar-refractivity contribution is 1.03. The molecular formula is C12H20. The Morgan fingerprint density at radius 2 is 1.75 bits per heavy atom. The van der Waals surface area contributed by atoms with Gasteiger partial charge in [0.15, 0.2) is 0 Å². The summed E-state index contributed by atoms with van der Waals surface area (Å²) in [6.07, 6.45) is 6.26. The summed E-state index contributed by atoms with van der Waals surface area (Å²) >= 11 is 0. The van der Waals surface area contributed by atoms with E-state index in [0.717, 1.165) is 12.8 Å². The van der Waals surface area contributed by atoms with Crippen molar-refractivity contribution >= 4 is 0 Å². The first-order valence-electron chi connectivity index (χ1n) is 4.49. The molecule has 0 unspecified atom stereocenters. The molecule has 0 aromatic heterocycles. The molecule has 0 nitrogen and oxygen atoms in total. The molecule has 0 spiro atoms. The average Bonchev–Trinajstić information content (AvgIpc) is 2.04. The highest BCUT2D eigenvalue weighted by Gasteiger charge is 1.95. The molecule has 0 heterocycles. The minimum absolute atomic E-state index is 1.02. The largest absolute Gasteiger partial charge is 0.103 e. The Morgan fingerprint density at radius 3 is 2.17 bits per heavy atom. The van der Waals surface area contributed by atoms with E-state index in [1.807, 2.05) is 6.08 Å². The molecule has 0 aliphatic heterocycles. The number of hydrogen-bond donors (Lipinski definition) is 0. The quantitative estimate of drug-likeness (QED) is 0.545. The van der Waals surface area contributed by atoms with Gasteiger partial charge in [-0.3, -0.25) is 0 Å². The molecule has 0 amide bonds. The molecule has 0 atom stereocenters. The lowest BCUT2D eigenvalue weighted by atomic mass is 10.0. The van der Waals surface area contributed by atoms with E-state index < -0.39 is 0 Å². The highest BCUT2D eigenvalue weighted by Crippen LogP contribution is 2.16. The van der Waals surface area contributed by atoms with Crippen LogP contribution in [0.1, 0.15) is 40.5 Å². The van der Waals surface area contributed by atoms with Crippen LogP contribution in [0.4, 0.5) is 0 Å². The van der Waals surface area contributed by atoms with Crippen LogP contribution >= 0.6 is 0 Å². The third kappa shape index (κ3) is 4.17. The lowest BCUT2D eigenvalue weighted by Crippen LogP contribution is -1.85. The van der Waals surface area contributed by atoms with Gasteiger partial charge in [-0.15, -0.1) is 6.58 Å². The highest BCUT2D eigenvalue weighted by molar-refractivity contribution is 5.18. The van der Waals surface area contributed by atoms with Crippen molar-refractivity contribution in [3.63, 3.8) is 0 Å². The Balaban J connectivity index is 4.25. The number of allylic oxidation sites excluding steroid dienone is 5. The fourth-order valence-corrected chi connectivity index (χ4v) is 1.06. The van der Waals surface area contributed by atoms with Gasteiger partial charge in [0.1, 0.15) is 0 Å². The predicted molar refractivity (Wildman–Crippen MR) is 57.2 cm³/mol. The fourth-order valence-electron chi connectivity index (χ4n) is 1.06. The van der Waals surface area contributed by atoms with Crippen molar-refractivity contribution in [1.82, 2.24) is 0 Å². The van der Waals surface area contributed by atoms with Crippen LogP contribution < -0.4 is 0 Å². The Labute approximate surface area is 76.7 Å². The molecule has 0 saturated carbocycles. The molecule has 0 heteroatoms. The van der Waals surface area contributed by atoms with Crippen molar-refractivity contribution < 1.29 is 0 Å². The van der Waals surface area contributed by atoms with Crippen molar-refractivity contribution in [2.24, 2.45) is 0 Å². The van der Waals surface area contributed by atoms with E-state index in [1.165, 1.54) is 16.7 Å². The maximum atomic E-state index is 3.73. The first-order valence-corrected chi connectivity index (χ1v) is 4.49. The van der Waals surface area contributed by atoms with E-state index in [1.54, 1.807) is 0 Å². The van der Waals surface area contributed by atoms with Gasteiger partial charge in [0.25, 0.3) is 0 Å². The summed E-state index contributed by atoms with van der Waals surface area (Å²) in [7, 11) is 0. The van der Waals surface area contributed by atoms with E-state index in [9.17, 15) is 0 Å². The van der Waals surface area contributed by atoms with Gasteiger partial charge in [-0.25, -0.2) is 0 Å². The molecule has 0 N–H and O–H groups in total. The lowest BCUT2D eigenvalue weighted by Gasteiger charge is -2.05. The normalized spacial score (nSPS) is 14.2. The van der Waals surface area contributed by atoms with Crippen LogP contribution in [0.3, 0.4) is 0 Å². The molecule has 0 aromatic carbocycles. The zero-order chi connectivity index (χ0) is 9.56. The van der Waals surface area contributed by atoms with Crippen LogP contribution in [-0.2, 0) is 0 Å². The Bertz CT molecular complexity index is 204. The van der Waals surface area contributed by atoms with E-state index >= 15 is 0 Å². The summed E-state index contributed by atoms with van der Waals surface area (Å²) in [6, 6.07) is 0. The van der Waals surface area contributed by atoms with Crippen LogP contribution in [0.15, 0.2) is 35.5 Å². The molecule has 0 aliphatic rings. The van der Waals surface area contributed by atoms with E-state index in [-0.39, 0.29) is 0 Å². The SMILES string of the molecule is C=CC/C(C)=C(/C)CC(C)=CC. The summed E-state index contributed by atoms with van der Waals surface area (Å²) < 4.78 is 0. The van der Waals surface area contributed by atoms with Gasteiger partial charge >= 0.3 is 0 Å². The van der Waals surface area contributed by atoms with Gasteiger partial charge in [0, 0.05) is 0 Å². The zero-order valence-corrected chi connectivity index (χ0v) is 8.78. The molecule has 0 saturated heterocycles. The molecule has 12 heavy (non-hydrogen) atoms. The number of hydrogen-bond acceptors (Lipinski definition) is 0. The van der Waals surface area contributed by atoms with Gasteiger partial charge < -0.3 is 0 Å². The van der Waals surface area contributed by atoms with Gasteiger partial charge in [0.2, 0.25) is 0 Å². The average molecular weight is 164 g/mol. The highest BCUT2D eigenvalue weighted by atomic mass is 14.0. The van der Waals surface area contributed by atoms with E-state index in [4.69, 9.17) is 0 Å². The van der Waals surface area contributed by atoms with Crippen LogP contribution in [0.25, 0.3) is 0 Å². The van der Waals surface area contributed by atoms with Gasteiger partial charge in [-0.05, 0) is 40.5 Å². The molecule has 0 fully saturated rings. The molecule has 68 valence electrons. The maximum absolute atomic E-state index is 3.73. The second-order valence-electron chi connectivity index (χ2n) is 3.37. The van der Waals surface area contributed by atoms with Gasteiger partial charge in [-0.1, -0.05) is 28.9 Å². The van der Waals surface area contributed by atoms with Gasteiger partial charge in [0.05, 0.1) is 0 Å². The molecule has 0 radical (unpaired) electrons. The second kappa shape index (κ2) is 5.82. The smallest absolute Gasteiger partial charge is 0.0111 e. The van der Waals surface area contributed by atoms with Crippen molar-refractivity contribution in [2.45, 2.75) is 40.5 Å². The maximum Gasteiger partial charge on any atom is -0.0111 e. The predicted octanol–water partition coefficient (Wildman–Crippen LogP) is 4.26. The molecule has 0 rings (SSSR count). The summed E-state index contributed by atoms with van der Waals surface area (Å²) in [6.45, 7) is 12.4. The minimum Gasteiger partial charge on any atom is -0.103 e. The molecular weight excluding hydrogens is 144 g/mol. The summed E-state index contributed by atoms with van der Waals surface area (Å²) in [4.78, 5) is 0. The third-order valence-corrected chi connectivity index (χ3v) is 2.22. The van der Waals surface area contributed by atoms with E-state index in [2.05, 4.69) is 40.3 Å². The standard InChI is InChI=1S/C12H20/c1-6-8-11(4)12(5)9-10(3)7-2/h6-7H,1,8-9H2,2-5H3/b10-7?,12-11-. The Hall–Kier alpha value is -0.780. The summed E-state index contributed by atoms with van der Waals surface area (Å²) in [5.74, 6) is 0. The monoisotopic (exact) mass is 164 g/mol. The topological polar surface area (TPSA) is 0 Å². The minimum atomic E-state index is 1.02. The molecule has 0 bridgehead atoms. The molecule has 0 aliphatic carbocycles. The first-order chi connectivity index (χ1) is 5.61. The van der Waals surface area contributed by atoms with Crippen molar-refractivity contribution in [3.05, 3.63) is 35.5 Å². The van der Waals surface area contributed by atoms with Crippen LogP contribution in [0.5, 0.6) is 0 Å². The van der Waals surface area contributed by atoms with Crippen LogP contribution in [0.2, 0.25) is 0 Å². The van der Waals surface area contributed by atoms with Crippen LogP contribution in [-0.4, -0.2) is 0 Å². The summed E-state index contributed by atoms with van der Waals surface area (Å²) in [5.41, 5.74) is 4.37. The number of rotatable bonds is 4. The fraction of sp³-hybridized carbons (Fsp3) is 0.500. The second-order valence-corrected chi connectivity index (χ2v) is 3.37. The molecule has 0 aromatic rings. The van der Waals surface area contributed by atoms with Crippen molar-refractivity contribution in [3.8, 4) is 0 Å². The van der Waals surface area contributed by atoms with Crippen molar-refractivity contribution in [1.29, 1.82) is 0 Å². The Morgan fingerprint density at radius 1 is 1.17 bits per heavy atom. The summed E-state index contributed by atoms with van der Waals surface area (Å²) in [5, 5.41) is 0. The third-order valence-electron chi connectivity index (χ3n) is 2.22. The zero-order valence-electron chi connectivity index (χ0n) is 8.78. The van der Waals surface area contributed by atoms with Crippen LogP contribution in [0, 0.1) is 0 Å². The van der Waals surface area contributed by atoms with Crippen molar-refractivity contribution in [2.75, 3.05) is 0 Å². The van der Waals surface area contributed by atoms with Gasteiger partial charge in [-0.2, -0.15) is 0 Å². The Kier molecular flexibility index (Phi) is 5.44. The van der Waals surface area contributed by atoms with E-state index in [0.29, 0.717) is 0 Å².